The van der Waals surface area contributed by atoms with Crippen molar-refractivity contribution in [3.63, 3.8) is 0 Å². The van der Waals surface area contributed by atoms with Crippen molar-refractivity contribution in [2.24, 2.45) is 0 Å². The summed E-state index contributed by atoms with van der Waals surface area (Å²) in [6.07, 6.45) is 4.85. The molecule has 17 heavy (non-hydrogen) atoms. The van der Waals surface area contributed by atoms with E-state index in [4.69, 9.17) is 0 Å². The minimum atomic E-state index is 0.801. The first-order valence-corrected chi connectivity index (χ1v) is 6.65. The van der Waals surface area contributed by atoms with Gasteiger partial charge < -0.3 is 10.2 Å². The van der Waals surface area contributed by atoms with E-state index in [1.807, 2.05) is 19.3 Å². The Balaban J connectivity index is 2.83. The van der Waals surface area contributed by atoms with Crippen molar-refractivity contribution in [2.75, 3.05) is 25.0 Å². The summed E-state index contributed by atoms with van der Waals surface area (Å²) in [6, 6.07) is 2.12. The molecule has 0 radical (unpaired) electrons. The van der Waals surface area contributed by atoms with E-state index in [1.165, 1.54) is 5.56 Å². The third kappa shape index (κ3) is 4.48. The van der Waals surface area contributed by atoms with Gasteiger partial charge in [-0.1, -0.05) is 13.0 Å². The van der Waals surface area contributed by atoms with Gasteiger partial charge in [-0.15, -0.1) is 6.58 Å². The third-order valence-electron chi connectivity index (χ3n) is 2.42. The van der Waals surface area contributed by atoms with E-state index >= 15 is 0 Å². The van der Waals surface area contributed by atoms with E-state index in [1.54, 1.807) is 0 Å². The van der Waals surface area contributed by atoms with Gasteiger partial charge in [0.2, 0.25) is 0 Å². The highest BCUT2D eigenvalue weighted by Crippen LogP contribution is 2.20. The molecule has 0 unspecified atom stereocenters. The lowest BCUT2D eigenvalue weighted by atomic mass is 10.2. The summed E-state index contributed by atoms with van der Waals surface area (Å²) >= 11 is 3.46. The molecule has 0 fully saturated rings. The van der Waals surface area contributed by atoms with E-state index in [9.17, 15) is 0 Å². The normalized spacial score (nSPS) is 10.3. The van der Waals surface area contributed by atoms with Crippen LogP contribution in [-0.4, -0.2) is 25.1 Å². The molecule has 0 aliphatic rings. The van der Waals surface area contributed by atoms with Crippen molar-refractivity contribution in [3.05, 3.63) is 35.0 Å². The van der Waals surface area contributed by atoms with Gasteiger partial charge in [0.05, 0.1) is 0 Å². The molecule has 0 amide bonds. The van der Waals surface area contributed by atoms with Crippen LogP contribution in [0.25, 0.3) is 0 Å². The molecular weight excluding hydrogens is 278 g/mol. The van der Waals surface area contributed by atoms with E-state index in [2.05, 4.69) is 50.7 Å². The Hall–Kier alpha value is -0.870. The maximum absolute atomic E-state index is 4.47. The molecule has 0 saturated heterocycles. The zero-order valence-electron chi connectivity index (χ0n) is 10.5. The van der Waals surface area contributed by atoms with E-state index in [0.717, 1.165) is 36.3 Å². The first-order valence-electron chi connectivity index (χ1n) is 5.86. The molecule has 1 heterocycles. The molecule has 1 N–H and O–H groups in total. The third-order valence-corrected chi connectivity index (χ3v) is 2.85. The topological polar surface area (TPSA) is 28.2 Å². The van der Waals surface area contributed by atoms with Gasteiger partial charge in [-0.25, -0.2) is 4.98 Å². The number of nitrogens with one attached hydrogen (secondary N) is 1. The lowest BCUT2D eigenvalue weighted by Gasteiger charge is -2.20. The number of hydrogen-bond acceptors (Lipinski definition) is 3. The number of aromatic nitrogens is 1. The van der Waals surface area contributed by atoms with Crippen molar-refractivity contribution in [1.82, 2.24) is 10.3 Å². The van der Waals surface area contributed by atoms with Gasteiger partial charge in [-0.05, 0) is 35.0 Å². The fourth-order valence-corrected chi connectivity index (χ4v) is 2.01. The van der Waals surface area contributed by atoms with Gasteiger partial charge in [0.15, 0.2) is 0 Å². The minimum Gasteiger partial charge on any atom is -0.356 e. The van der Waals surface area contributed by atoms with Crippen LogP contribution >= 0.6 is 15.9 Å². The summed E-state index contributed by atoms with van der Waals surface area (Å²) < 4.78 is 1.02. The minimum absolute atomic E-state index is 0.801. The summed E-state index contributed by atoms with van der Waals surface area (Å²) in [4.78, 5) is 6.57. The zero-order chi connectivity index (χ0) is 12.7. The molecule has 1 aromatic rings. The van der Waals surface area contributed by atoms with Crippen molar-refractivity contribution in [2.45, 2.75) is 19.9 Å². The average molecular weight is 298 g/mol. The van der Waals surface area contributed by atoms with Gasteiger partial charge >= 0.3 is 0 Å². The average Bonchev–Trinajstić information content (AvgIpc) is 2.30. The number of hydrogen-bond donors (Lipinski definition) is 1. The molecule has 3 nitrogen and oxygen atoms in total. The van der Waals surface area contributed by atoms with Crippen molar-refractivity contribution in [1.29, 1.82) is 0 Å². The summed E-state index contributed by atoms with van der Waals surface area (Å²) in [7, 11) is 2.03. The molecule has 0 aliphatic carbocycles. The highest BCUT2D eigenvalue weighted by atomic mass is 79.9. The van der Waals surface area contributed by atoms with Crippen LogP contribution < -0.4 is 10.2 Å². The van der Waals surface area contributed by atoms with Gasteiger partial charge in [0, 0.05) is 36.4 Å². The second kappa shape index (κ2) is 7.45. The smallest absolute Gasteiger partial charge is 0.133 e. The van der Waals surface area contributed by atoms with Gasteiger partial charge in [0.25, 0.3) is 0 Å². The van der Waals surface area contributed by atoms with Crippen molar-refractivity contribution < 1.29 is 0 Å². The number of anilines is 1. The summed E-state index contributed by atoms with van der Waals surface area (Å²) in [5.41, 5.74) is 1.21. The van der Waals surface area contributed by atoms with E-state index in [-0.39, 0.29) is 0 Å². The number of nitrogens with zero attached hydrogens (tertiary/aromatic N) is 2. The fourth-order valence-electron chi connectivity index (χ4n) is 1.63. The second-order valence-electron chi connectivity index (χ2n) is 3.98. The van der Waals surface area contributed by atoms with Crippen LogP contribution in [0.15, 0.2) is 29.4 Å². The van der Waals surface area contributed by atoms with Crippen LogP contribution in [0.4, 0.5) is 5.82 Å². The van der Waals surface area contributed by atoms with Crippen molar-refractivity contribution in [3.8, 4) is 0 Å². The SMILES string of the molecule is C=CCN(C)c1ncc(Br)cc1CNCCC. The Bertz CT molecular complexity index is 366. The summed E-state index contributed by atoms with van der Waals surface area (Å²) in [6.45, 7) is 8.59. The Kier molecular flexibility index (Phi) is 6.22. The first kappa shape index (κ1) is 14.2. The van der Waals surface area contributed by atoms with Crippen LogP contribution in [0, 0.1) is 0 Å². The fraction of sp³-hybridized carbons (Fsp3) is 0.462. The van der Waals surface area contributed by atoms with E-state index in [0.29, 0.717) is 0 Å². The molecule has 0 saturated carbocycles. The number of pyridine rings is 1. The quantitative estimate of drug-likeness (QED) is 0.619. The number of halogens is 1. The highest BCUT2D eigenvalue weighted by molar-refractivity contribution is 9.10. The van der Waals surface area contributed by atoms with Crippen molar-refractivity contribution >= 4 is 21.7 Å². The monoisotopic (exact) mass is 297 g/mol. The van der Waals surface area contributed by atoms with Crippen LogP contribution in [0.5, 0.6) is 0 Å². The standard InChI is InChI=1S/C13H20BrN3/c1-4-6-15-9-11-8-12(14)10-16-13(11)17(3)7-5-2/h5,8,10,15H,2,4,6-7,9H2,1,3H3. The summed E-state index contributed by atoms with van der Waals surface area (Å²) in [5, 5.41) is 3.40. The first-order chi connectivity index (χ1) is 8.19. The zero-order valence-corrected chi connectivity index (χ0v) is 12.1. The predicted octanol–water partition coefficient (Wildman–Crippen LogP) is 2.97. The largest absolute Gasteiger partial charge is 0.356 e. The van der Waals surface area contributed by atoms with Gasteiger partial charge in [-0.3, -0.25) is 0 Å². The maximum Gasteiger partial charge on any atom is 0.133 e. The Morgan fingerprint density at radius 2 is 2.35 bits per heavy atom. The van der Waals surface area contributed by atoms with Crippen LogP contribution in [0.2, 0.25) is 0 Å². The number of likely N-dealkylation sites (N-methyl/N-ethyl adjacent to an activating group) is 1. The van der Waals surface area contributed by atoms with Gasteiger partial charge in [-0.2, -0.15) is 0 Å². The Morgan fingerprint density at radius 3 is 3.00 bits per heavy atom. The van der Waals surface area contributed by atoms with Crippen LogP contribution in [0.1, 0.15) is 18.9 Å². The second-order valence-corrected chi connectivity index (χ2v) is 4.90. The van der Waals surface area contributed by atoms with E-state index < -0.39 is 0 Å². The molecular formula is C13H20BrN3. The molecule has 0 atom stereocenters. The Labute approximate surface area is 112 Å². The molecule has 4 heteroatoms. The molecule has 0 aromatic carbocycles. The number of rotatable bonds is 7. The van der Waals surface area contributed by atoms with Crippen LogP contribution in [-0.2, 0) is 6.54 Å². The predicted molar refractivity (Wildman–Crippen MR) is 77.4 cm³/mol. The molecule has 0 spiro atoms. The van der Waals surface area contributed by atoms with Crippen LogP contribution in [0.3, 0.4) is 0 Å². The lowest BCUT2D eigenvalue weighted by Crippen LogP contribution is -2.22. The highest BCUT2D eigenvalue weighted by Gasteiger charge is 2.08. The molecule has 94 valence electrons. The van der Waals surface area contributed by atoms with Gasteiger partial charge in [0.1, 0.15) is 5.82 Å². The molecule has 0 bridgehead atoms. The lowest BCUT2D eigenvalue weighted by molar-refractivity contribution is 0.672. The molecule has 1 aromatic heterocycles. The molecule has 0 aliphatic heterocycles. The maximum atomic E-state index is 4.47. The Morgan fingerprint density at radius 1 is 1.59 bits per heavy atom. The summed E-state index contributed by atoms with van der Waals surface area (Å²) in [5.74, 6) is 1.01. The molecule has 1 rings (SSSR count).